The number of hydrogen-bond donors (Lipinski definition) is 0. The Morgan fingerprint density at radius 2 is 1.74 bits per heavy atom. The van der Waals surface area contributed by atoms with Crippen LogP contribution in [0.1, 0.15) is 33.4 Å². The second kappa shape index (κ2) is 9.62. The molecule has 0 spiro atoms. The van der Waals surface area contributed by atoms with E-state index in [-0.39, 0.29) is 17.8 Å². The third-order valence-corrected chi connectivity index (χ3v) is 6.38. The monoisotopic (exact) mass is 521 g/mol. The van der Waals surface area contributed by atoms with E-state index in [2.05, 4.69) is 24.8 Å². The van der Waals surface area contributed by atoms with Gasteiger partial charge in [0.1, 0.15) is 29.4 Å². The average molecular weight is 522 g/mol. The molecular weight excluding hydrogens is 492 g/mol. The average Bonchev–Trinajstić information content (AvgIpc) is 3.22. The molecule has 38 heavy (non-hydrogen) atoms. The molecule has 1 aliphatic rings. The summed E-state index contributed by atoms with van der Waals surface area (Å²) in [6, 6.07) is 3.23. The third-order valence-electron chi connectivity index (χ3n) is 6.38. The molecular formula is C27H29F2N7O2. The van der Waals surface area contributed by atoms with Crippen LogP contribution in [0.3, 0.4) is 0 Å². The van der Waals surface area contributed by atoms with Crippen LogP contribution in [0.5, 0.6) is 0 Å². The van der Waals surface area contributed by atoms with Crippen LogP contribution in [0.2, 0.25) is 0 Å². The molecule has 9 nitrogen and oxygen atoms in total. The molecule has 0 N–H and O–H groups in total. The van der Waals surface area contributed by atoms with Crippen LogP contribution in [0.25, 0.3) is 28.0 Å². The Labute approximate surface area is 219 Å². The van der Waals surface area contributed by atoms with Crippen LogP contribution in [0.15, 0.2) is 43.1 Å². The van der Waals surface area contributed by atoms with Crippen molar-refractivity contribution in [1.82, 2.24) is 29.4 Å². The van der Waals surface area contributed by atoms with Crippen LogP contribution in [-0.2, 0) is 4.74 Å². The van der Waals surface area contributed by atoms with Crippen molar-refractivity contribution in [3.8, 4) is 16.9 Å². The van der Waals surface area contributed by atoms with Gasteiger partial charge < -0.3 is 19.1 Å². The Balaban J connectivity index is 1.62. The topological polar surface area (TPSA) is 89.3 Å². The number of fused-ring (bicyclic) bond motifs is 1. The first-order valence-electron chi connectivity index (χ1n) is 12.4. The maximum absolute atomic E-state index is 14.2. The van der Waals surface area contributed by atoms with Gasteiger partial charge in [-0.3, -0.25) is 9.97 Å². The van der Waals surface area contributed by atoms with Crippen LogP contribution < -0.4 is 4.90 Å². The highest BCUT2D eigenvalue weighted by molar-refractivity contribution is 6.02. The van der Waals surface area contributed by atoms with Crippen molar-refractivity contribution in [2.45, 2.75) is 46.3 Å². The van der Waals surface area contributed by atoms with Crippen LogP contribution in [0.4, 0.5) is 19.4 Å². The first-order chi connectivity index (χ1) is 18.0. The van der Waals surface area contributed by atoms with Crippen molar-refractivity contribution >= 4 is 22.9 Å². The predicted molar refractivity (Wildman–Crippen MR) is 139 cm³/mol. The Morgan fingerprint density at radius 1 is 1.03 bits per heavy atom. The molecule has 1 aliphatic heterocycles. The number of hydrogen-bond acceptors (Lipinski definition) is 7. The van der Waals surface area contributed by atoms with Gasteiger partial charge in [-0.2, -0.15) is 0 Å². The molecule has 0 bridgehead atoms. The summed E-state index contributed by atoms with van der Waals surface area (Å²) in [6.45, 7) is 10.8. The number of carbonyl (C=O) groups is 1. The summed E-state index contributed by atoms with van der Waals surface area (Å²) in [5, 5.41) is 0.679. The summed E-state index contributed by atoms with van der Waals surface area (Å²) in [7, 11) is 0. The van der Waals surface area contributed by atoms with Crippen molar-refractivity contribution in [1.29, 1.82) is 0 Å². The molecule has 1 saturated heterocycles. The molecule has 0 radical (unpaired) electrons. The summed E-state index contributed by atoms with van der Waals surface area (Å²) < 4.78 is 35.5. The normalized spacial score (nSPS) is 16.2. The van der Waals surface area contributed by atoms with Crippen molar-refractivity contribution < 1.29 is 18.3 Å². The lowest BCUT2D eigenvalue weighted by atomic mass is 10.1. The van der Waals surface area contributed by atoms with Gasteiger partial charge in [0.15, 0.2) is 5.65 Å². The minimum absolute atomic E-state index is 0.0971. The lowest BCUT2D eigenvalue weighted by molar-refractivity contribution is 0.0218. The number of piperazine rings is 1. The van der Waals surface area contributed by atoms with Gasteiger partial charge in [0.25, 0.3) is 0 Å². The maximum atomic E-state index is 14.2. The molecule has 198 valence electrons. The molecule has 11 heteroatoms. The highest BCUT2D eigenvalue weighted by atomic mass is 19.1. The SMILES string of the molecule is Cc1nccnc1-c1cn(-c2cc(F)cc(F)c2)c2ncnc(N3CCN(C(=O)OC(C)(C)C)C[C@@H]3C)c12. The first kappa shape index (κ1) is 25.5. The molecule has 1 atom stereocenters. The van der Waals surface area contributed by atoms with Gasteiger partial charge in [-0.15, -0.1) is 0 Å². The Bertz CT molecular complexity index is 1500. The quantitative estimate of drug-likeness (QED) is 0.378. The van der Waals surface area contributed by atoms with E-state index in [0.717, 1.165) is 6.07 Å². The Kier molecular flexibility index (Phi) is 6.46. The van der Waals surface area contributed by atoms with Gasteiger partial charge >= 0.3 is 6.09 Å². The van der Waals surface area contributed by atoms with E-state index in [1.165, 1.54) is 18.5 Å². The number of aromatic nitrogens is 5. The summed E-state index contributed by atoms with van der Waals surface area (Å²) >= 11 is 0. The zero-order valence-corrected chi connectivity index (χ0v) is 21.9. The smallest absolute Gasteiger partial charge is 0.410 e. The summed E-state index contributed by atoms with van der Waals surface area (Å²) in [6.07, 6.45) is 6.04. The van der Waals surface area contributed by atoms with E-state index < -0.39 is 17.2 Å². The van der Waals surface area contributed by atoms with E-state index in [4.69, 9.17) is 4.74 Å². The highest BCUT2D eigenvalue weighted by Gasteiger charge is 2.32. The minimum atomic E-state index is -0.694. The number of nitrogens with zero attached hydrogens (tertiary/aromatic N) is 7. The minimum Gasteiger partial charge on any atom is -0.444 e. The zero-order valence-electron chi connectivity index (χ0n) is 21.9. The number of aryl methyl sites for hydroxylation is 1. The lowest BCUT2D eigenvalue weighted by Crippen LogP contribution is -2.54. The molecule has 0 unspecified atom stereocenters. The molecule has 1 amide bonds. The van der Waals surface area contributed by atoms with E-state index in [0.29, 0.717) is 53.4 Å². The molecule has 4 heterocycles. The first-order valence-corrected chi connectivity index (χ1v) is 12.4. The molecule has 4 aromatic rings. The third kappa shape index (κ3) is 4.88. The molecule has 0 saturated carbocycles. The number of rotatable bonds is 3. The highest BCUT2D eigenvalue weighted by Crippen LogP contribution is 2.38. The largest absolute Gasteiger partial charge is 0.444 e. The van der Waals surface area contributed by atoms with Gasteiger partial charge in [0.2, 0.25) is 0 Å². The number of amides is 1. The van der Waals surface area contributed by atoms with Gasteiger partial charge in [0.05, 0.1) is 22.5 Å². The molecule has 1 fully saturated rings. The number of ether oxygens (including phenoxy) is 1. The number of halogens is 2. The van der Waals surface area contributed by atoms with Gasteiger partial charge in [-0.1, -0.05) is 0 Å². The van der Waals surface area contributed by atoms with Crippen LogP contribution in [-0.4, -0.2) is 66.8 Å². The number of carbonyl (C=O) groups excluding carboxylic acids is 1. The van der Waals surface area contributed by atoms with E-state index in [9.17, 15) is 13.6 Å². The number of benzene rings is 1. The molecule has 1 aromatic carbocycles. The maximum Gasteiger partial charge on any atom is 0.410 e. The van der Waals surface area contributed by atoms with Gasteiger partial charge in [0, 0.05) is 55.9 Å². The Hall–Kier alpha value is -4.15. The van der Waals surface area contributed by atoms with Crippen LogP contribution in [0, 0.1) is 18.6 Å². The molecule has 3 aromatic heterocycles. The van der Waals surface area contributed by atoms with E-state index in [1.807, 2.05) is 34.6 Å². The lowest BCUT2D eigenvalue weighted by Gasteiger charge is -2.41. The van der Waals surface area contributed by atoms with Crippen molar-refractivity contribution in [2.24, 2.45) is 0 Å². The van der Waals surface area contributed by atoms with Crippen molar-refractivity contribution in [3.63, 3.8) is 0 Å². The van der Waals surface area contributed by atoms with Gasteiger partial charge in [-0.25, -0.2) is 23.5 Å². The summed E-state index contributed by atoms with van der Waals surface area (Å²) in [5.41, 5.74) is 2.17. The van der Waals surface area contributed by atoms with Crippen molar-refractivity contribution in [3.05, 3.63) is 60.4 Å². The molecule has 0 aliphatic carbocycles. The number of anilines is 1. The van der Waals surface area contributed by atoms with E-state index >= 15 is 0 Å². The van der Waals surface area contributed by atoms with Crippen LogP contribution >= 0.6 is 0 Å². The summed E-state index contributed by atoms with van der Waals surface area (Å²) in [5.74, 6) is -0.748. The Morgan fingerprint density at radius 3 is 2.39 bits per heavy atom. The fraction of sp³-hybridized carbons (Fsp3) is 0.370. The fourth-order valence-electron chi connectivity index (χ4n) is 4.75. The second-order valence-corrected chi connectivity index (χ2v) is 10.4. The standard InChI is InChI=1S/C27H29F2N7O2/c1-16-13-34(26(37)38-27(3,4)5)8-9-35(16)24-22-21(23-17(2)30-6-7-31-23)14-36(25(22)33-15-32-24)20-11-18(28)10-19(29)12-20/h6-7,10-12,14-16H,8-9,13H2,1-5H3/t16-/m0/s1. The summed E-state index contributed by atoms with van der Waals surface area (Å²) in [4.78, 5) is 34.6. The second-order valence-electron chi connectivity index (χ2n) is 10.4. The van der Waals surface area contributed by atoms with E-state index in [1.54, 1.807) is 28.1 Å². The zero-order chi connectivity index (χ0) is 27.2. The van der Waals surface area contributed by atoms with Gasteiger partial charge in [-0.05, 0) is 46.8 Å². The fourth-order valence-corrected chi connectivity index (χ4v) is 4.75. The van der Waals surface area contributed by atoms with Crippen molar-refractivity contribution in [2.75, 3.05) is 24.5 Å². The molecule has 5 rings (SSSR count). The predicted octanol–water partition coefficient (Wildman–Crippen LogP) is 4.91.